The summed E-state index contributed by atoms with van der Waals surface area (Å²) in [6.45, 7) is 7.66. The number of aromatic nitrogens is 3. The highest BCUT2D eigenvalue weighted by molar-refractivity contribution is 7.89. The molecule has 3 aromatic rings. The Morgan fingerprint density at radius 1 is 1.09 bits per heavy atom. The number of aryl methyl sites for hydroxylation is 1. The van der Waals surface area contributed by atoms with Crippen molar-refractivity contribution >= 4 is 15.9 Å². The van der Waals surface area contributed by atoms with Gasteiger partial charge in [0.25, 0.3) is 5.91 Å². The van der Waals surface area contributed by atoms with Crippen LogP contribution >= 0.6 is 0 Å². The number of hydrogen-bond donors (Lipinski definition) is 1. The third-order valence-electron chi connectivity index (χ3n) is 6.38. The molecule has 0 unspecified atom stereocenters. The quantitative estimate of drug-likeness (QED) is 0.559. The molecule has 8 nitrogen and oxygen atoms in total. The van der Waals surface area contributed by atoms with E-state index >= 15 is 0 Å². The molecule has 0 spiro atoms. The summed E-state index contributed by atoms with van der Waals surface area (Å²) in [5.74, 6) is 0.391. The van der Waals surface area contributed by atoms with Crippen molar-refractivity contribution in [2.75, 3.05) is 13.1 Å². The minimum atomic E-state index is -3.57. The third-order valence-corrected chi connectivity index (χ3v) is 8.53. The average molecular weight is 482 g/mol. The van der Waals surface area contributed by atoms with Gasteiger partial charge in [-0.1, -0.05) is 25.1 Å². The van der Waals surface area contributed by atoms with Crippen LogP contribution in [0.1, 0.15) is 52.6 Å². The fraction of sp³-hybridized carbons (Fsp3) is 0.400. The van der Waals surface area contributed by atoms with Gasteiger partial charge in [-0.15, -0.1) is 0 Å². The molecule has 34 heavy (non-hydrogen) atoms. The molecular weight excluding hydrogens is 450 g/mol. The molecule has 2 aromatic heterocycles. The van der Waals surface area contributed by atoms with Crippen LogP contribution < -0.4 is 5.32 Å². The first kappa shape index (κ1) is 24.1. The van der Waals surface area contributed by atoms with E-state index in [0.717, 1.165) is 24.0 Å². The van der Waals surface area contributed by atoms with Crippen molar-refractivity contribution in [2.24, 2.45) is 5.92 Å². The molecule has 0 saturated carbocycles. The Balaban J connectivity index is 1.44. The van der Waals surface area contributed by atoms with Crippen molar-refractivity contribution in [1.82, 2.24) is 24.4 Å². The summed E-state index contributed by atoms with van der Waals surface area (Å²) in [5.41, 5.74) is 3.58. The Morgan fingerprint density at radius 3 is 2.44 bits per heavy atom. The second-order valence-corrected chi connectivity index (χ2v) is 10.9. The summed E-state index contributed by atoms with van der Waals surface area (Å²) in [7, 11) is -3.57. The smallest absolute Gasteiger partial charge is 0.251 e. The van der Waals surface area contributed by atoms with E-state index in [2.05, 4.69) is 22.3 Å². The largest absolute Gasteiger partial charge is 0.348 e. The molecule has 1 aromatic carbocycles. The van der Waals surface area contributed by atoms with Gasteiger partial charge < -0.3 is 5.32 Å². The Labute approximate surface area is 201 Å². The Kier molecular flexibility index (Phi) is 7.13. The monoisotopic (exact) mass is 481 g/mol. The number of hydrogen-bond acceptors (Lipinski definition) is 5. The van der Waals surface area contributed by atoms with Crippen LogP contribution in [-0.2, 0) is 23.1 Å². The first-order valence-corrected chi connectivity index (χ1v) is 13.0. The second-order valence-electron chi connectivity index (χ2n) is 8.99. The van der Waals surface area contributed by atoms with E-state index in [1.165, 1.54) is 0 Å². The van der Waals surface area contributed by atoms with Gasteiger partial charge in [-0.25, -0.2) is 8.42 Å². The zero-order valence-electron chi connectivity index (χ0n) is 19.9. The van der Waals surface area contributed by atoms with Gasteiger partial charge in [-0.2, -0.15) is 9.40 Å². The molecule has 9 heteroatoms. The lowest BCUT2D eigenvalue weighted by atomic mass is 10.0. The van der Waals surface area contributed by atoms with Crippen LogP contribution in [-0.4, -0.2) is 46.5 Å². The molecule has 1 aliphatic rings. The third kappa shape index (κ3) is 5.20. The molecule has 4 rings (SSSR count). The van der Waals surface area contributed by atoms with Gasteiger partial charge in [-0.3, -0.25) is 14.5 Å². The molecule has 1 amide bonds. The Morgan fingerprint density at radius 2 is 1.79 bits per heavy atom. The summed E-state index contributed by atoms with van der Waals surface area (Å²) in [4.78, 5) is 16.8. The van der Waals surface area contributed by atoms with Crippen LogP contribution in [0.15, 0.2) is 53.7 Å². The SMILES string of the molecule is Cc1nn(Cc2ccc(C(=O)NCc3cccnc3)cc2)c(C)c1S(=O)(=O)N1CCC(C)CC1. The van der Waals surface area contributed by atoms with Crippen LogP contribution in [0, 0.1) is 19.8 Å². The van der Waals surface area contributed by atoms with Crippen molar-refractivity contribution in [3.8, 4) is 0 Å². The van der Waals surface area contributed by atoms with E-state index in [1.807, 2.05) is 24.3 Å². The molecule has 0 aliphatic carbocycles. The van der Waals surface area contributed by atoms with Crippen molar-refractivity contribution < 1.29 is 13.2 Å². The van der Waals surface area contributed by atoms with E-state index in [4.69, 9.17) is 0 Å². The molecule has 180 valence electrons. The number of nitrogens with one attached hydrogen (secondary N) is 1. The summed E-state index contributed by atoms with van der Waals surface area (Å²) in [6, 6.07) is 11.0. The molecule has 3 heterocycles. The zero-order valence-corrected chi connectivity index (χ0v) is 20.7. The van der Waals surface area contributed by atoms with Gasteiger partial charge in [0.2, 0.25) is 10.0 Å². The number of rotatable bonds is 7. The van der Waals surface area contributed by atoms with Gasteiger partial charge >= 0.3 is 0 Å². The lowest BCUT2D eigenvalue weighted by molar-refractivity contribution is 0.0951. The van der Waals surface area contributed by atoms with Crippen LogP contribution in [0.5, 0.6) is 0 Å². The second kappa shape index (κ2) is 10.1. The standard InChI is InChI=1S/C25H31N5O3S/c1-18-10-13-29(14-11-18)34(32,33)24-19(2)28-30(20(24)3)17-21-6-8-23(9-7-21)25(31)27-16-22-5-4-12-26-15-22/h4-9,12,15,18H,10-11,13-14,16-17H2,1-3H3,(H,27,31). The predicted octanol–water partition coefficient (Wildman–Crippen LogP) is 3.29. The molecule has 1 fully saturated rings. The number of benzene rings is 1. The normalized spacial score (nSPS) is 15.4. The number of carbonyl (C=O) groups excluding carboxylic acids is 1. The predicted molar refractivity (Wildman–Crippen MR) is 130 cm³/mol. The molecule has 1 N–H and O–H groups in total. The van der Waals surface area contributed by atoms with Gasteiger partial charge in [-0.05, 0) is 61.9 Å². The van der Waals surface area contributed by atoms with E-state index in [0.29, 0.717) is 53.9 Å². The van der Waals surface area contributed by atoms with Gasteiger partial charge in [0.15, 0.2) is 0 Å². The lowest BCUT2D eigenvalue weighted by Crippen LogP contribution is -2.38. The number of nitrogens with zero attached hydrogens (tertiary/aromatic N) is 4. The number of pyridine rings is 1. The Hall–Kier alpha value is -3.04. The van der Waals surface area contributed by atoms with E-state index in [9.17, 15) is 13.2 Å². The number of piperidine rings is 1. The fourth-order valence-corrected chi connectivity index (χ4v) is 6.13. The van der Waals surface area contributed by atoms with Crippen molar-refractivity contribution in [1.29, 1.82) is 0 Å². The maximum Gasteiger partial charge on any atom is 0.251 e. The number of sulfonamides is 1. The summed E-state index contributed by atoms with van der Waals surface area (Å²) < 4.78 is 29.9. The summed E-state index contributed by atoms with van der Waals surface area (Å²) in [5, 5.41) is 7.41. The van der Waals surface area contributed by atoms with Gasteiger partial charge in [0, 0.05) is 37.6 Å². The highest BCUT2D eigenvalue weighted by atomic mass is 32.2. The van der Waals surface area contributed by atoms with E-state index in [-0.39, 0.29) is 5.91 Å². The maximum absolute atomic E-state index is 13.3. The minimum Gasteiger partial charge on any atom is -0.348 e. The molecule has 0 bridgehead atoms. The molecule has 0 atom stereocenters. The van der Waals surface area contributed by atoms with Crippen LogP contribution in [0.4, 0.5) is 0 Å². The van der Waals surface area contributed by atoms with Gasteiger partial charge in [0.05, 0.1) is 17.9 Å². The zero-order chi connectivity index (χ0) is 24.3. The molecule has 1 aliphatic heterocycles. The topological polar surface area (TPSA) is 97.2 Å². The summed E-state index contributed by atoms with van der Waals surface area (Å²) in [6.07, 6.45) is 5.18. The summed E-state index contributed by atoms with van der Waals surface area (Å²) >= 11 is 0. The van der Waals surface area contributed by atoms with Crippen LogP contribution in [0.25, 0.3) is 0 Å². The van der Waals surface area contributed by atoms with Crippen molar-refractivity contribution in [3.05, 3.63) is 76.9 Å². The number of carbonyl (C=O) groups is 1. The van der Waals surface area contributed by atoms with Crippen molar-refractivity contribution in [3.63, 3.8) is 0 Å². The first-order chi connectivity index (χ1) is 16.3. The number of amides is 1. The lowest BCUT2D eigenvalue weighted by Gasteiger charge is -2.29. The average Bonchev–Trinajstić information content (AvgIpc) is 3.12. The molecule has 0 radical (unpaired) electrons. The van der Waals surface area contributed by atoms with E-state index < -0.39 is 10.0 Å². The van der Waals surface area contributed by atoms with Crippen LogP contribution in [0.2, 0.25) is 0 Å². The highest BCUT2D eigenvalue weighted by Gasteiger charge is 2.33. The van der Waals surface area contributed by atoms with Crippen molar-refractivity contribution in [2.45, 2.75) is 51.6 Å². The Bertz CT molecular complexity index is 1250. The fourth-order valence-electron chi connectivity index (χ4n) is 4.28. The molecule has 1 saturated heterocycles. The molecular formula is C25H31N5O3S. The van der Waals surface area contributed by atoms with Gasteiger partial charge in [0.1, 0.15) is 4.90 Å². The van der Waals surface area contributed by atoms with Crippen LogP contribution in [0.3, 0.4) is 0 Å². The minimum absolute atomic E-state index is 0.161. The maximum atomic E-state index is 13.3. The van der Waals surface area contributed by atoms with E-state index in [1.54, 1.807) is 47.4 Å². The highest BCUT2D eigenvalue weighted by Crippen LogP contribution is 2.28. The first-order valence-electron chi connectivity index (χ1n) is 11.6.